The SMILES string of the molecule is COc1ccc(C(=O)O)c(NNc2ccccc2)c1. The highest BCUT2D eigenvalue weighted by atomic mass is 16.5. The van der Waals surface area contributed by atoms with Crippen molar-refractivity contribution in [1.29, 1.82) is 0 Å². The second-order valence-electron chi connectivity index (χ2n) is 3.83. The summed E-state index contributed by atoms with van der Waals surface area (Å²) in [5.41, 5.74) is 7.26. The van der Waals surface area contributed by atoms with Crippen LogP contribution in [0.4, 0.5) is 11.4 Å². The Morgan fingerprint density at radius 2 is 1.84 bits per heavy atom. The lowest BCUT2D eigenvalue weighted by Crippen LogP contribution is -2.12. The number of ether oxygens (including phenoxy) is 1. The van der Waals surface area contributed by atoms with E-state index in [1.54, 1.807) is 12.1 Å². The lowest BCUT2D eigenvalue weighted by molar-refractivity contribution is 0.0698. The minimum atomic E-state index is -1.000. The minimum absolute atomic E-state index is 0.171. The van der Waals surface area contributed by atoms with Crippen molar-refractivity contribution in [2.45, 2.75) is 0 Å². The van der Waals surface area contributed by atoms with Gasteiger partial charge in [-0.1, -0.05) is 18.2 Å². The van der Waals surface area contributed by atoms with Crippen LogP contribution in [0.2, 0.25) is 0 Å². The van der Waals surface area contributed by atoms with Crippen molar-refractivity contribution in [3.63, 3.8) is 0 Å². The number of methoxy groups -OCH3 is 1. The Kier molecular flexibility index (Phi) is 3.87. The van der Waals surface area contributed by atoms with Gasteiger partial charge in [-0.15, -0.1) is 0 Å². The van der Waals surface area contributed by atoms with Gasteiger partial charge in [0.1, 0.15) is 5.75 Å². The third-order valence-corrected chi connectivity index (χ3v) is 2.57. The monoisotopic (exact) mass is 258 g/mol. The molecule has 0 fully saturated rings. The molecule has 0 aromatic heterocycles. The standard InChI is InChI=1S/C14H14N2O3/c1-19-11-7-8-12(14(17)18)13(9-11)16-15-10-5-3-2-4-6-10/h2-9,15-16H,1H3,(H,17,18). The van der Waals surface area contributed by atoms with Crippen molar-refractivity contribution in [2.75, 3.05) is 18.0 Å². The van der Waals surface area contributed by atoms with Crippen LogP contribution in [0.5, 0.6) is 5.75 Å². The Bertz CT molecular complexity index is 570. The average Bonchev–Trinajstić information content (AvgIpc) is 2.45. The fraction of sp³-hybridized carbons (Fsp3) is 0.0714. The van der Waals surface area contributed by atoms with Gasteiger partial charge in [0, 0.05) is 6.07 Å². The minimum Gasteiger partial charge on any atom is -0.497 e. The van der Waals surface area contributed by atoms with Gasteiger partial charge < -0.3 is 15.3 Å². The Labute approximate surface area is 110 Å². The molecule has 0 aliphatic heterocycles. The van der Waals surface area contributed by atoms with Crippen LogP contribution >= 0.6 is 0 Å². The number of para-hydroxylation sites is 1. The van der Waals surface area contributed by atoms with Crippen molar-refractivity contribution in [3.8, 4) is 5.75 Å². The first-order valence-corrected chi connectivity index (χ1v) is 5.69. The van der Waals surface area contributed by atoms with Crippen molar-refractivity contribution in [2.24, 2.45) is 0 Å². The first-order chi connectivity index (χ1) is 9.20. The van der Waals surface area contributed by atoms with E-state index in [4.69, 9.17) is 9.84 Å². The summed E-state index contributed by atoms with van der Waals surface area (Å²) in [5.74, 6) is -0.414. The highest BCUT2D eigenvalue weighted by Crippen LogP contribution is 2.22. The zero-order chi connectivity index (χ0) is 13.7. The summed E-state index contributed by atoms with van der Waals surface area (Å²) in [4.78, 5) is 11.1. The highest BCUT2D eigenvalue weighted by Gasteiger charge is 2.10. The molecule has 5 nitrogen and oxygen atoms in total. The van der Waals surface area contributed by atoms with Gasteiger partial charge in [-0.05, 0) is 24.3 Å². The van der Waals surface area contributed by atoms with Crippen LogP contribution in [0.3, 0.4) is 0 Å². The number of aromatic carboxylic acids is 1. The quantitative estimate of drug-likeness (QED) is 0.719. The smallest absolute Gasteiger partial charge is 0.337 e. The molecular weight excluding hydrogens is 244 g/mol. The molecule has 0 amide bonds. The molecule has 0 saturated heterocycles. The molecule has 5 heteroatoms. The number of hydrogen-bond acceptors (Lipinski definition) is 4. The number of hydrogen-bond donors (Lipinski definition) is 3. The molecular formula is C14H14N2O3. The lowest BCUT2D eigenvalue weighted by atomic mass is 10.2. The summed E-state index contributed by atoms with van der Waals surface area (Å²) in [6.45, 7) is 0. The van der Waals surface area contributed by atoms with Gasteiger partial charge in [-0.3, -0.25) is 5.43 Å². The summed E-state index contributed by atoms with van der Waals surface area (Å²) in [6, 6.07) is 14.1. The molecule has 0 saturated carbocycles. The summed E-state index contributed by atoms with van der Waals surface area (Å²) in [5, 5.41) is 9.12. The topological polar surface area (TPSA) is 70.6 Å². The molecule has 19 heavy (non-hydrogen) atoms. The van der Waals surface area contributed by atoms with E-state index in [-0.39, 0.29) is 5.56 Å². The molecule has 0 bridgehead atoms. The number of carboxylic acid groups (broad SMARTS) is 1. The van der Waals surface area contributed by atoms with Gasteiger partial charge in [0.2, 0.25) is 0 Å². The normalized spacial score (nSPS) is 9.74. The summed E-state index contributed by atoms with van der Waals surface area (Å²) in [6.07, 6.45) is 0. The van der Waals surface area contributed by atoms with Gasteiger partial charge in [0.05, 0.1) is 24.0 Å². The third kappa shape index (κ3) is 3.16. The Hall–Kier alpha value is -2.69. The van der Waals surface area contributed by atoms with Gasteiger partial charge >= 0.3 is 5.97 Å². The first kappa shape index (κ1) is 12.8. The van der Waals surface area contributed by atoms with Crippen LogP contribution in [0.25, 0.3) is 0 Å². The Morgan fingerprint density at radius 3 is 2.47 bits per heavy atom. The maximum absolute atomic E-state index is 11.1. The molecule has 0 heterocycles. The third-order valence-electron chi connectivity index (χ3n) is 2.57. The molecule has 98 valence electrons. The van der Waals surface area contributed by atoms with Crippen LogP contribution in [0, 0.1) is 0 Å². The maximum atomic E-state index is 11.1. The van der Waals surface area contributed by atoms with E-state index in [1.165, 1.54) is 13.2 Å². The fourth-order valence-corrected chi connectivity index (χ4v) is 1.60. The summed E-state index contributed by atoms with van der Waals surface area (Å²) < 4.78 is 5.08. The molecule has 2 aromatic rings. The van der Waals surface area contributed by atoms with Crippen molar-refractivity contribution >= 4 is 17.3 Å². The van der Waals surface area contributed by atoms with Gasteiger partial charge in [0.25, 0.3) is 0 Å². The fourth-order valence-electron chi connectivity index (χ4n) is 1.60. The van der Waals surface area contributed by atoms with Gasteiger partial charge in [0.15, 0.2) is 0 Å². The molecule has 0 spiro atoms. The van der Waals surface area contributed by atoms with E-state index in [2.05, 4.69) is 10.9 Å². The van der Waals surface area contributed by atoms with E-state index >= 15 is 0 Å². The molecule has 3 N–H and O–H groups in total. The first-order valence-electron chi connectivity index (χ1n) is 5.69. The molecule has 0 aliphatic carbocycles. The lowest BCUT2D eigenvalue weighted by Gasteiger charge is -2.13. The molecule has 0 atom stereocenters. The van der Waals surface area contributed by atoms with Crippen LogP contribution in [0.1, 0.15) is 10.4 Å². The second kappa shape index (κ2) is 5.77. The van der Waals surface area contributed by atoms with Crippen LogP contribution in [0.15, 0.2) is 48.5 Å². The number of rotatable bonds is 5. The molecule has 2 aromatic carbocycles. The number of hydrazine groups is 1. The summed E-state index contributed by atoms with van der Waals surface area (Å²) in [7, 11) is 1.53. The predicted octanol–water partition coefficient (Wildman–Crippen LogP) is 2.83. The maximum Gasteiger partial charge on any atom is 0.337 e. The van der Waals surface area contributed by atoms with Crippen molar-refractivity contribution in [3.05, 3.63) is 54.1 Å². The molecule has 0 unspecified atom stereocenters. The summed E-state index contributed by atoms with van der Waals surface area (Å²) >= 11 is 0. The number of anilines is 2. The van der Waals surface area contributed by atoms with E-state index < -0.39 is 5.97 Å². The second-order valence-corrected chi connectivity index (χ2v) is 3.83. The molecule has 0 aliphatic rings. The van der Waals surface area contributed by atoms with Gasteiger partial charge in [-0.25, -0.2) is 4.79 Å². The average molecular weight is 258 g/mol. The van der Waals surface area contributed by atoms with Crippen LogP contribution < -0.4 is 15.6 Å². The van der Waals surface area contributed by atoms with E-state index in [1.807, 2.05) is 30.3 Å². The van der Waals surface area contributed by atoms with E-state index in [0.29, 0.717) is 11.4 Å². The van der Waals surface area contributed by atoms with Crippen molar-refractivity contribution < 1.29 is 14.6 Å². The number of carbonyl (C=O) groups is 1. The Morgan fingerprint density at radius 1 is 1.11 bits per heavy atom. The van der Waals surface area contributed by atoms with Crippen LogP contribution in [-0.4, -0.2) is 18.2 Å². The van der Waals surface area contributed by atoms with Crippen molar-refractivity contribution in [1.82, 2.24) is 0 Å². The van der Waals surface area contributed by atoms with Gasteiger partial charge in [-0.2, -0.15) is 0 Å². The Balaban J connectivity index is 2.20. The largest absolute Gasteiger partial charge is 0.497 e. The predicted molar refractivity (Wildman–Crippen MR) is 73.6 cm³/mol. The zero-order valence-electron chi connectivity index (χ0n) is 10.4. The zero-order valence-corrected chi connectivity index (χ0v) is 10.4. The number of carboxylic acids is 1. The number of nitrogens with one attached hydrogen (secondary N) is 2. The molecule has 2 rings (SSSR count). The van der Waals surface area contributed by atoms with E-state index in [0.717, 1.165) is 5.69 Å². The van der Waals surface area contributed by atoms with E-state index in [9.17, 15) is 4.79 Å². The molecule has 0 radical (unpaired) electrons. The highest BCUT2D eigenvalue weighted by molar-refractivity contribution is 5.94. The number of benzene rings is 2. The van der Waals surface area contributed by atoms with Crippen LogP contribution in [-0.2, 0) is 0 Å².